The van der Waals surface area contributed by atoms with E-state index < -0.39 is 5.60 Å². The minimum Gasteiger partial charge on any atom is -0.389 e. The molecule has 2 N–H and O–H groups in total. The molecule has 1 saturated heterocycles. The molecule has 0 aromatic heterocycles. The first-order valence-electron chi connectivity index (χ1n) is 7.28. The number of hydrogen-bond acceptors (Lipinski definition) is 2. The lowest BCUT2D eigenvalue weighted by Crippen LogP contribution is -2.46. The van der Waals surface area contributed by atoms with Gasteiger partial charge in [0.25, 0.3) is 0 Å². The first kappa shape index (κ1) is 12.2. The van der Waals surface area contributed by atoms with E-state index in [1.165, 1.54) is 30.4 Å². The molecule has 1 aliphatic carbocycles. The van der Waals surface area contributed by atoms with Crippen molar-refractivity contribution < 1.29 is 5.11 Å². The van der Waals surface area contributed by atoms with Gasteiger partial charge < -0.3 is 10.4 Å². The molecule has 3 rings (SSSR count). The first-order chi connectivity index (χ1) is 8.77. The van der Waals surface area contributed by atoms with Gasteiger partial charge >= 0.3 is 0 Å². The number of β-amino-alcohol motifs (C(OH)–C–C–N with tert-alkyl or cyclic N) is 1. The molecule has 2 atom stereocenters. The zero-order valence-electron chi connectivity index (χ0n) is 11.0. The van der Waals surface area contributed by atoms with Gasteiger partial charge in [0.1, 0.15) is 0 Å². The molecule has 0 bridgehead atoms. The lowest BCUT2D eigenvalue weighted by Gasteiger charge is -2.37. The molecule has 0 saturated carbocycles. The van der Waals surface area contributed by atoms with Gasteiger partial charge in [-0.1, -0.05) is 24.3 Å². The first-order valence-corrected chi connectivity index (χ1v) is 7.28. The SMILES string of the molecule is OC1(CC2CCCc3ccccc32)CCCNC1. The minimum absolute atomic E-state index is 0.479. The van der Waals surface area contributed by atoms with Crippen LogP contribution in [0.25, 0.3) is 0 Å². The molecule has 98 valence electrons. The van der Waals surface area contributed by atoms with Crippen LogP contribution in [0.5, 0.6) is 0 Å². The second kappa shape index (κ2) is 5.02. The number of piperidine rings is 1. The van der Waals surface area contributed by atoms with E-state index in [1.807, 2.05) is 0 Å². The zero-order chi connectivity index (χ0) is 12.4. The van der Waals surface area contributed by atoms with Crippen LogP contribution in [0.3, 0.4) is 0 Å². The predicted molar refractivity (Wildman–Crippen MR) is 73.8 cm³/mol. The summed E-state index contributed by atoms with van der Waals surface area (Å²) < 4.78 is 0. The van der Waals surface area contributed by atoms with E-state index >= 15 is 0 Å². The topological polar surface area (TPSA) is 32.3 Å². The molecule has 2 aliphatic rings. The van der Waals surface area contributed by atoms with Crippen LogP contribution in [-0.2, 0) is 6.42 Å². The zero-order valence-corrected chi connectivity index (χ0v) is 11.0. The highest BCUT2D eigenvalue weighted by Gasteiger charge is 2.33. The monoisotopic (exact) mass is 245 g/mol. The van der Waals surface area contributed by atoms with Crippen LogP contribution in [0.2, 0.25) is 0 Å². The van der Waals surface area contributed by atoms with Gasteiger partial charge in [-0.25, -0.2) is 0 Å². The smallest absolute Gasteiger partial charge is 0.0777 e. The molecule has 1 aromatic carbocycles. The van der Waals surface area contributed by atoms with Crippen molar-refractivity contribution in [2.75, 3.05) is 13.1 Å². The highest BCUT2D eigenvalue weighted by molar-refractivity contribution is 5.32. The highest BCUT2D eigenvalue weighted by atomic mass is 16.3. The average Bonchev–Trinajstić information content (AvgIpc) is 2.40. The fourth-order valence-electron chi connectivity index (χ4n) is 3.65. The standard InChI is InChI=1S/C16H23NO/c18-16(9-4-10-17-12-16)11-14-7-3-6-13-5-1-2-8-15(13)14/h1-2,5,8,14,17-18H,3-4,6-7,9-12H2. The quantitative estimate of drug-likeness (QED) is 0.839. The third-order valence-corrected chi connectivity index (χ3v) is 4.57. The summed E-state index contributed by atoms with van der Waals surface area (Å²) in [5, 5.41) is 14.0. The van der Waals surface area contributed by atoms with Crippen molar-refractivity contribution in [1.82, 2.24) is 5.32 Å². The van der Waals surface area contributed by atoms with E-state index in [0.717, 1.165) is 32.4 Å². The fourth-order valence-corrected chi connectivity index (χ4v) is 3.65. The third-order valence-electron chi connectivity index (χ3n) is 4.57. The van der Waals surface area contributed by atoms with Crippen molar-refractivity contribution in [3.63, 3.8) is 0 Å². The van der Waals surface area contributed by atoms with Gasteiger partial charge in [0.15, 0.2) is 0 Å². The molecule has 0 radical (unpaired) electrons. The van der Waals surface area contributed by atoms with Gasteiger partial charge in [0.05, 0.1) is 5.60 Å². The van der Waals surface area contributed by atoms with Crippen LogP contribution >= 0.6 is 0 Å². The van der Waals surface area contributed by atoms with Crippen molar-refractivity contribution in [3.05, 3.63) is 35.4 Å². The molecular weight excluding hydrogens is 222 g/mol. The Kier molecular flexibility index (Phi) is 3.40. The maximum atomic E-state index is 10.7. The summed E-state index contributed by atoms with van der Waals surface area (Å²) in [6.07, 6.45) is 6.70. The average molecular weight is 245 g/mol. The Bertz CT molecular complexity index is 409. The summed E-state index contributed by atoms with van der Waals surface area (Å²) in [6.45, 7) is 1.83. The molecule has 0 spiro atoms. The van der Waals surface area contributed by atoms with Gasteiger partial charge in [-0.3, -0.25) is 0 Å². The maximum Gasteiger partial charge on any atom is 0.0777 e. The van der Waals surface area contributed by atoms with Crippen molar-refractivity contribution in [2.24, 2.45) is 0 Å². The summed E-state index contributed by atoms with van der Waals surface area (Å²) in [4.78, 5) is 0. The van der Waals surface area contributed by atoms with Crippen LogP contribution in [-0.4, -0.2) is 23.8 Å². The lowest BCUT2D eigenvalue weighted by atomic mass is 9.75. The second-order valence-corrected chi connectivity index (χ2v) is 6.00. The second-order valence-electron chi connectivity index (χ2n) is 6.00. The van der Waals surface area contributed by atoms with E-state index in [1.54, 1.807) is 0 Å². The molecular formula is C16H23NO. The number of nitrogens with one attached hydrogen (secondary N) is 1. The van der Waals surface area contributed by atoms with E-state index in [9.17, 15) is 5.11 Å². The van der Waals surface area contributed by atoms with Crippen LogP contribution in [0.1, 0.15) is 49.1 Å². The molecule has 18 heavy (non-hydrogen) atoms. The van der Waals surface area contributed by atoms with Crippen molar-refractivity contribution in [3.8, 4) is 0 Å². The summed E-state index contributed by atoms with van der Waals surface area (Å²) >= 11 is 0. The number of fused-ring (bicyclic) bond motifs is 1. The fraction of sp³-hybridized carbons (Fsp3) is 0.625. The molecule has 0 amide bonds. The number of rotatable bonds is 2. The Hall–Kier alpha value is -0.860. The number of benzene rings is 1. The Morgan fingerprint density at radius 1 is 1.28 bits per heavy atom. The van der Waals surface area contributed by atoms with E-state index in [-0.39, 0.29) is 0 Å². The Labute approximate surface area is 109 Å². The summed E-state index contributed by atoms with van der Waals surface area (Å²) in [7, 11) is 0. The summed E-state index contributed by atoms with van der Waals surface area (Å²) in [5.41, 5.74) is 2.51. The van der Waals surface area contributed by atoms with E-state index in [4.69, 9.17) is 0 Å². The Balaban J connectivity index is 1.77. The largest absolute Gasteiger partial charge is 0.389 e. The lowest BCUT2D eigenvalue weighted by molar-refractivity contribution is 0.000885. The van der Waals surface area contributed by atoms with Gasteiger partial charge in [-0.15, -0.1) is 0 Å². The van der Waals surface area contributed by atoms with Gasteiger partial charge in [-0.05, 0) is 62.1 Å². The van der Waals surface area contributed by atoms with Crippen LogP contribution in [0.4, 0.5) is 0 Å². The number of aryl methyl sites for hydroxylation is 1. The number of hydrogen-bond donors (Lipinski definition) is 2. The van der Waals surface area contributed by atoms with Crippen molar-refractivity contribution in [2.45, 2.75) is 50.0 Å². The minimum atomic E-state index is -0.479. The summed E-state index contributed by atoms with van der Waals surface area (Å²) in [6, 6.07) is 8.79. The molecule has 2 heteroatoms. The van der Waals surface area contributed by atoms with Gasteiger partial charge in [0.2, 0.25) is 0 Å². The Morgan fingerprint density at radius 2 is 2.17 bits per heavy atom. The van der Waals surface area contributed by atoms with E-state index in [0.29, 0.717) is 5.92 Å². The van der Waals surface area contributed by atoms with Crippen LogP contribution in [0, 0.1) is 0 Å². The number of aliphatic hydroxyl groups is 1. The third kappa shape index (κ3) is 2.45. The molecule has 2 nitrogen and oxygen atoms in total. The van der Waals surface area contributed by atoms with Crippen LogP contribution in [0.15, 0.2) is 24.3 Å². The normalized spacial score (nSPS) is 31.9. The Morgan fingerprint density at radius 3 is 3.00 bits per heavy atom. The molecule has 1 heterocycles. The van der Waals surface area contributed by atoms with Crippen LogP contribution < -0.4 is 5.32 Å². The van der Waals surface area contributed by atoms with E-state index in [2.05, 4.69) is 29.6 Å². The molecule has 1 aromatic rings. The van der Waals surface area contributed by atoms with Gasteiger partial charge in [0, 0.05) is 6.54 Å². The highest BCUT2D eigenvalue weighted by Crippen LogP contribution is 2.38. The summed E-state index contributed by atoms with van der Waals surface area (Å²) in [5.74, 6) is 0.555. The molecule has 1 aliphatic heterocycles. The molecule has 1 fully saturated rings. The maximum absolute atomic E-state index is 10.7. The predicted octanol–water partition coefficient (Wildman–Crippen LogP) is 2.61. The molecule has 2 unspecified atom stereocenters. The van der Waals surface area contributed by atoms with Crippen molar-refractivity contribution >= 4 is 0 Å². The van der Waals surface area contributed by atoms with Gasteiger partial charge in [-0.2, -0.15) is 0 Å². The van der Waals surface area contributed by atoms with Crippen molar-refractivity contribution in [1.29, 1.82) is 0 Å².